The average molecular weight is 304 g/mol. The van der Waals surface area contributed by atoms with E-state index < -0.39 is 4.92 Å². The largest absolute Gasteiger partial charge is 0.334 e. The molecule has 1 rings (SSSR count). The molecule has 0 aliphatic heterocycles. The van der Waals surface area contributed by atoms with E-state index in [-0.39, 0.29) is 23.7 Å². The van der Waals surface area contributed by atoms with E-state index in [1.807, 2.05) is 18.7 Å². The number of nitrogens with zero attached hydrogens (tertiary/aromatic N) is 2. The molecule has 0 fully saturated rings. The van der Waals surface area contributed by atoms with Gasteiger partial charge < -0.3 is 4.90 Å². The molecule has 0 saturated carbocycles. The Balaban J connectivity index is 2.93. The topological polar surface area (TPSA) is 63.5 Å². The Morgan fingerprint density at radius 2 is 1.86 bits per heavy atom. The summed E-state index contributed by atoms with van der Waals surface area (Å²) >= 11 is 0. The van der Waals surface area contributed by atoms with Gasteiger partial charge in [0.25, 0.3) is 5.69 Å². The van der Waals surface area contributed by atoms with Crippen LogP contribution >= 0.6 is 0 Å². The molecule has 0 aliphatic rings. The van der Waals surface area contributed by atoms with Gasteiger partial charge in [0.05, 0.1) is 4.92 Å². The van der Waals surface area contributed by atoms with Gasteiger partial charge >= 0.3 is 0 Å². The molecule has 1 amide bonds. The molecule has 0 radical (unpaired) electrons. The lowest BCUT2D eigenvalue weighted by molar-refractivity contribution is -0.384. The summed E-state index contributed by atoms with van der Waals surface area (Å²) in [4.78, 5) is 24.6. The Hall–Kier alpha value is -2.17. The van der Waals surface area contributed by atoms with Gasteiger partial charge in [-0.1, -0.05) is 26.0 Å². The monoisotopic (exact) mass is 304 g/mol. The summed E-state index contributed by atoms with van der Waals surface area (Å²) in [5.74, 6) is -0.0600. The average Bonchev–Trinajstić information content (AvgIpc) is 2.52. The predicted octanol–water partition coefficient (Wildman–Crippen LogP) is 4.03. The van der Waals surface area contributed by atoms with Gasteiger partial charge in [-0.15, -0.1) is 0 Å². The summed E-state index contributed by atoms with van der Waals surface area (Å²) in [6.07, 6.45) is 4.91. The lowest BCUT2D eigenvalue weighted by Crippen LogP contribution is -2.43. The molecule has 2 unspecified atom stereocenters. The van der Waals surface area contributed by atoms with Crippen molar-refractivity contribution in [3.63, 3.8) is 0 Å². The highest BCUT2D eigenvalue weighted by Gasteiger charge is 2.21. The third kappa shape index (κ3) is 4.69. The van der Waals surface area contributed by atoms with Crippen molar-refractivity contribution in [1.82, 2.24) is 4.90 Å². The molecule has 0 bridgehead atoms. The summed E-state index contributed by atoms with van der Waals surface area (Å²) in [5, 5.41) is 10.8. The summed E-state index contributed by atoms with van der Waals surface area (Å²) in [6.45, 7) is 8.17. The number of hydrogen-bond acceptors (Lipinski definition) is 3. The molecular formula is C17H24N2O3. The smallest absolute Gasteiger partial charge is 0.270 e. The van der Waals surface area contributed by atoms with Gasteiger partial charge in [0, 0.05) is 30.3 Å². The lowest BCUT2D eigenvalue weighted by atomic mass is 10.1. The first-order valence-corrected chi connectivity index (χ1v) is 7.65. The maximum Gasteiger partial charge on any atom is 0.270 e. The standard InChI is InChI=1S/C17H24N2O3/c1-5-13(3)18(14(4)6-2)17(20)11-10-15-8-7-9-16(12-15)19(21)22/h7-14H,5-6H2,1-4H3. The van der Waals surface area contributed by atoms with Crippen molar-refractivity contribution in [2.75, 3.05) is 0 Å². The van der Waals surface area contributed by atoms with Gasteiger partial charge in [-0.25, -0.2) is 0 Å². The summed E-state index contributed by atoms with van der Waals surface area (Å²) in [6, 6.07) is 6.58. The highest BCUT2D eigenvalue weighted by Crippen LogP contribution is 2.16. The fourth-order valence-corrected chi connectivity index (χ4v) is 2.26. The van der Waals surface area contributed by atoms with Crippen molar-refractivity contribution in [3.05, 3.63) is 46.0 Å². The zero-order valence-electron chi connectivity index (χ0n) is 13.7. The van der Waals surface area contributed by atoms with Crippen LogP contribution in [0.4, 0.5) is 5.69 Å². The van der Waals surface area contributed by atoms with Gasteiger partial charge in [-0.3, -0.25) is 14.9 Å². The Bertz CT molecular complexity index is 545. The van der Waals surface area contributed by atoms with Crippen LogP contribution in [0.25, 0.3) is 6.08 Å². The van der Waals surface area contributed by atoms with Crippen LogP contribution in [-0.2, 0) is 4.79 Å². The molecule has 0 heterocycles. The van der Waals surface area contributed by atoms with Crippen LogP contribution < -0.4 is 0 Å². The molecule has 0 aliphatic carbocycles. The minimum absolute atomic E-state index is 0.0234. The number of hydrogen-bond donors (Lipinski definition) is 0. The first kappa shape index (κ1) is 17.9. The molecule has 22 heavy (non-hydrogen) atoms. The molecular weight excluding hydrogens is 280 g/mol. The number of rotatable bonds is 7. The molecule has 5 nitrogen and oxygen atoms in total. The van der Waals surface area contributed by atoms with Gasteiger partial charge in [-0.2, -0.15) is 0 Å². The van der Waals surface area contributed by atoms with Crippen LogP contribution in [0.1, 0.15) is 46.1 Å². The number of non-ortho nitro benzene ring substituents is 1. The fourth-order valence-electron chi connectivity index (χ4n) is 2.26. The Labute approximate surface area is 131 Å². The van der Waals surface area contributed by atoms with Crippen molar-refractivity contribution in [2.24, 2.45) is 0 Å². The normalized spacial score (nSPS) is 13.8. The SMILES string of the molecule is CCC(C)N(C(=O)C=Cc1cccc([N+](=O)[O-])c1)C(C)CC. The summed E-state index contributed by atoms with van der Waals surface area (Å²) in [5.41, 5.74) is 0.672. The first-order chi connectivity index (χ1) is 10.4. The number of amides is 1. The van der Waals surface area contributed by atoms with Gasteiger partial charge in [-0.05, 0) is 38.3 Å². The third-order valence-corrected chi connectivity index (χ3v) is 3.89. The second-order valence-corrected chi connectivity index (χ2v) is 5.45. The fraction of sp³-hybridized carbons (Fsp3) is 0.471. The second-order valence-electron chi connectivity index (χ2n) is 5.45. The number of nitro groups is 1. The van der Waals surface area contributed by atoms with Crippen LogP contribution in [0.15, 0.2) is 30.3 Å². The van der Waals surface area contributed by atoms with E-state index >= 15 is 0 Å². The third-order valence-electron chi connectivity index (χ3n) is 3.89. The van der Waals surface area contributed by atoms with Gasteiger partial charge in [0.2, 0.25) is 5.91 Å². The number of carbonyl (C=O) groups is 1. The predicted molar refractivity (Wildman–Crippen MR) is 88.5 cm³/mol. The van der Waals surface area contributed by atoms with Crippen LogP contribution in [0.5, 0.6) is 0 Å². The van der Waals surface area contributed by atoms with Crippen LogP contribution in [0.3, 0.4) is 0 Å². The van der Waals surface area contributed by atoms with E-state index in [1.165, 1.54) is 18.2 Å². The number of carbonyl (C=O) groups excluding carboxylic acids is 1. The van der Waals surface area contributed by atoms with E-state index in [4.69, 9.17) is 0 Å². The van der Waals surface area contributed by atoms with Gasteiger partial charge in [0.1, 0.15) is 0 Å². The van der Waals surface area contributed by atoms with E-state index in [2.05, 4.69) is 13.8 Å². The zero-order chi connectivity index (χ0) is 16.7. The number of benzene rings is 1. The van der Waals surface area contributed by atoms with E-state index in [1.54, 1.807) is 18.2 Å². The van der Waals surface area contributed by atoms with Crippen molar-refractivity contribution in [1.29, 1.82) is 0 Å². The van der Waals surface area contributed by atoms with Crippen molar-refractivity contribution >= 4 is 17.7 Å². The van der Waals surface area contributed by atoms with Crippen molar-refractivity contribution in [3.8, 4) is 0 Å². The molecule has 0 saturated heterocycles. The zero-order valence-corrected chi connectivity index (χ0v) is 13.7. The number of nitro benzene ring substituents is 1. The summed E-state index contributed by atoms with van der Waals surface area (Å²) in [7, 11) is 0. The maximum atomic E-state index is 12.4. The van der Waals surface area contributed by atoms with Crippen LogP contribution in [-0.4, -0.2) is 27.8 Å². The Morgan fingerprint density at radius 3 is 2.36 bits per heavy atom. The Morgan fingerprint density at radius 1 is 1.27 bits per heavy atom. The minimum atomic E-state index is -0.441. The Kier molecular flexibility index (Phi) is 6.76. The molecule has 0 spiro atoms. The lowest BCUT2D eigenvalue weighted by Gasteiger charge is -2.33. The second kappa shape index (κ2) is 8.32. The summed E-state index contributed by atoms with van der Waals surface area (Å²) < 4.78 is 0. The molecule has 0 aromatic heterocycles. The highest BCUT2D eigenvalue weighted by molar-refractivity contribution is 5.92. The quantitative estimate of drug-likeness (QED) is 0.434. The van der Waals surface area contributed by atoms with Crippen molar-refractivity contribution in [2.45, 2.75) is 52.6 Å². The van der Waals surface area contributed by atoms with E-state index in [9.17, 15) is 14.9 Å². The van der Waals surface area contributed by atoms with Crippen molar-refractivity contribution < 1.29 is 9.72 Å². The molecule has 1 aromatic carbocycles. The maximum absolute atomic E-state index is 12.4. The minimum Gasteiger partial charge on any atom is -0.334 e. The first-order valence-electron chi connectivity index (χ1n) is 7.65. The van der Waals surface area contributed by atoms with E-state index in [0.29, 0.717) is 5.56 Å². The molecule has 2 atom stereocenters. The highest BCUT2D eigenvalue weighted by atomic mass is 16.6. The van der Waals surface area contributed by atoms with E-state index in [0.717, 1.165) is 12.8 Å². The van der Waals surface area contributed by atoms with Crippen LogP contribution in [0, 0.1) is 10.1 Å². The van der Waals surface area contributed by atoms with Crippen LogP contribution in [0.2, 0.25) is 0 Å². The molecule has 0 N–H and O–H groups in total. The molecule has 1 aromatic rings. The molecule has 120 valence electrons. The van der Waals surface area contributed by atoms with Gasteiger partial charge in [0.15, 0.2) is 0 Å². The molecule has 5 heteroatoms.